The Morgan fingerprint density at radius 2 is 2.10 bits per heavy atom. The lowest BCUT2D eigenvalue weighted by molar-refractivity contribution is 0.634. The Kier molecular flexibility index (Phi) is 3.32. The summed E-state index contributed by atoms with van der Waals surface area (Å²) < 4.78 is 1.63. The zero-order chi connectivity index (χ0) is 14.8. The molecule has 3 heterocycles. The van der Waals surface area contributed by atoms with Crippen LogP contribution >= 0.6 is 0 Å². The zero-order valence-electron chi connectivity index (χ0n) is 11.5. The van der Waals surface area contributed by atoms with Crippen molar-refractivity contribution >= 4 is 5.82 Å². The molecule has 0 aliphatic rings. The van der Waals surface area contributed by atoms with Gasteiger partial charge in [0.15, 0.2) is 5.82 Å². The first-order valence-electron chi connectivity index (χ1n) is 6.43. The Balaban J connectivity index is 1.97. The van der Waals surface area contributed by atoms with Crippen LogP contribution in [0, 0.1) is 6.92 Å². The third kappa shape index (κ3) is 2.34. The molecule has 0 atom stereocenters. The van der Waals surface area contributed by atoms with E-state index in [1.165, 1.54) is 0 Å². The molecule has 0 aliphatic carbocycles. The van der Waals surface area contributed by atoms with Crippen LogP contribution in [0.3, 0.4) is 0 Å². The van der Waals surface area contributed by atoms with Crippen molar-refractivity contribution in [3.05, 3.63) is 24.3 Å². The smallest absolute Gasteiger partial charge is 0.201 e. The maximum absolute atomic E-state index is 6.03. The first-order chi connectivity index (χ1) is 10.2. The van der Waals surface area contributed by atoms with E-state index in [1.807, 2.05) is 6.92 Å². The standard InChI is InChI=1S/C12H15N9/c1-7-9(16-4-3-15-7)12-18-11(19-20-12)8-6-17-21(5-2-13)10(8)14/h3-4,6H,2,5,13-14H2,1H3,(H,18,19,20). The molecule has 0 amide bonds. The van der Waals surface area contributed by atoms with Gasteiger partial charge in [-0.2, -0.15) is 10.2 Å². The van der Waals surface area contributed by atoms with Crippen LogP contribution in [-0.4, -0.2) is 41.5 Å². The van der Waals surface area contributed by atoms with Crippen molar-refractivity contribution < 1.29 is 0 Å². The molecule has 0 aliphatic heterocycles. The van der Waals surface area contributed by atoms with Gasteiger partial charge in [0.05, 0.1) is 24.0 Å². The molecule has 21 heavy (non-hydrogen) atoms. The van der Waals surface area contributed by atoms with Crippen LogP contribution in [0.25, 0.3) is 22.9 Å². The first-order valence-corrected chi connectivity index (χ1v) is 6.43. The van der Waals surface area contributed by atoms with Gasteiger partial charge in [-0.05, 0) is 6.92 Å². The third-order valence-electron chi connectivity index (χ3n) is 3.05. The molecule has 5 N–H and O–H groups in total. The number of hydrogen-bond donors (Lipinski definition) is 3. The van der Waals surface area contributed by atoms with E-state index in [0.29, 0.717) is 41.8 Å². The highest BCUT2D eigenvalue weighted by Gasteiger charge is 2.16. The quantitative estimate of drug-likeness (QED) is 0.612. The summed E-state index contributed by atoms with van der Waals surface area (Å²) in [6, 6.07) is 0. The highest BCUT2D eigenvalue weighted by molar-refractivity contribution is 5.69. The average molecular weight is 285 g/mol. The molecule has 0 saturated heterocycles. The van der Waals surface area contributed by atoms with E-state index in [9.17, 15) is 0 Å². The summed E-state index contributed by atoms with van der Waals surface area (Å²) in [5.74, 6) is 1.51. The van der Waals surface area contributed by atoms with Gasteiger partial charge in [0.2, 0.25) is 5.82 Å². The fourth-order valence-electron chi connectivity index (χ4n) is 1.99. The van der Waals surface area contributed by atoms with Crippen LogP contribution in [0.2, 0.25) is 0 Å². The lowest BCUT2D eigenvalue weighted by atomic mass is 10.3. The van der Waals surface area contributed by atoms with Gasteiger partial charge >= 0.3 is 0 Å². The molecule has 108 valence electrons. The van der Waals surface area contributed by atoms with Gasteiger partial charge in [-0.15, -0.1) is 0 Å². The van der Waals surface area contributed by atoms with Gasteiger partial charge in [0.1, 0.15) is 11.5 Å². The molecule has 3 aromatic heterocycles. The van der Waals surface area contributed by atoms with Crippen molar-refractivity contribution in [1.82, 2.24) is 34.9 Å². The predicted octanol–water partition coefficient (Wildman–Crippen LogP) is -0.0255. The first kappa shape index (κ1) is 13.2. The van der Waals surface area contributed by atoms with Crippen molar-refractivity contribution in [3.8, 4) is 22.9 Å². The van der Waals surface area contributed by atoms with Crippen LogP contribution in [-0.2, 0) is 6.54 Å². The van der Waals surface area contributed by atoms with Crippen LogP contribution < -0.4 is 11.5 Å². The van der Waals surface area contributed by atoms with Crippen molar-refractivity contribution in [3.63, 3.8) is 0 Å². The number of aryl methyl sites for hydroxylation is 1. The summed E-state index contributed by atoms with van der Waals surface area (Å²) in [7, 11) is 0. The van der Waals surface area contributed by atoms with Crippen molar-refractivity contribution in [2.75, 3.05) is 12.3 Å². The number of aromatic amines is 1. The Morgan fingerprint density at radius 3 is 2.86 bits per heavy atom. The van der Waals surface area contributed by atoms with Gasteiger partial charge in [0, 0.05) is 18.9 Å². The van der Waals surface area contributed by atoms with Gasteiger partial charge in [0.25, 0.3) is 0 Å². The minimum atomic E-state index is 0.464. The van der Waals surface area contributed by atoms with Crippen molar-refractivity contribution in [2.24, 2.45) is 5.73 Å². The van der Waals surface area contributed by atoms with Crippen LogP contribution in [0.4, 0.5) is 5.82 Å². The van der Waals surface area contributed by atoms with Crippen LogP contribution in [0.15, 0.2) is 18.6 Å². The zero-order valence-corrected chi connectivity index (χ0v) is 11.5. The fraction of sp³-hybridized carbons (Fsp3) is 0.250. The van der Waals surface area contributed by atoms with E-state index in [0.717, 1.165) is 5.69 Å². The Labute approximate surface area is 120 Å². The number of aromatic nitrogens is 7. The van der Waals surface area contributed by atoms with Gasteiger partial charge in [-0.3, -0.25) is 10.1 Å². The molecule has 9 heteroatoms. The van der Waals surface area contributed by atoms with E-state index < -0.39 is 0 Å². The van der Waals surface area contributed by atoms with E-state index in [-0.39, 0.29) is 0 Å². The molecule has 9 nitrogen and oxygen atoms in total. The van der Waals surface area contributed by atoms with E-state index in [1.54, 1.807) is 23.3 Å². The van der Waals surface area contributed by atoms with Gasteiger partial charge < -0.3 is 11.5 Å². The highest BCUT2D eigenvalue weighted by atomic mass is 15.3. The second kappa shape index (κ2) is 5.29. The minimum Gasteiger partial charge on any atom is -0.383 e. The molecule has 0 spiro atoms. The molecule has 0 unspecified atom stereocenters. The number of rotatable bonds is 4. The summed E-state index contributed by atoms with van der Waals surface area (Å²) in [6.07, 6.45) is 4.87. The van der Waals surface area contributed by atoms with E-state index in [4.69, 9.17) is 11.5 Å². The summed E-state index contributed by atoms with van der Waals surface area (Å²) in [5.41, 5.74) is 13.6. The maximum atomic E-state index is 6.03. The number of nitrogens with one attached hydrogen (secondary N) is 1. The topological polar surface area (TPSA) is 137 Å². The molecule has 0 saturated carbocycles. The molecule has 3 aromatic rings. The SMILES string of the molecule is Cc1nccnc1-c1n[nH]c(-c2cnn(CCN)c2N)n1. The van der Waals surface area contributed by atoms with Crippen molar-refractivity contribution in [1.29, 1.82) is 0 Å². The fourth-order valence-corrected chi connectivity index (χ4v) is 1.99. The molecular formula is C12H15N9. The predicted molar refractivity (Wildman–Crippen MR) is 76.8 cm³/mol. The van der Waals surface area contributed by atoms with E-state index >= 15 is 0 Å². The second-order valence-corrected chi connectivity index (χ2v) is 4.45. The molecule has 0 fully saturated rings. The number of H-pyrrole nitrogens is 1. The summed E-state index contributed by atoms with van der Waals surface area (Å²) in [4.78, 5) is 12.8. The molecule has 0 bridgehead atoms. The van der Waals surface area contributed by atoms with Gasteiger partial charge in [-0.25, -0.2) is 14.6 Å². The third-order valence-corrected chi connectivity index (χ3v) is 3.05. The average Bonchev–Trinajstić information content (AvgIpc) is 3.08. The number of nitrogens with zero attached hydrogens (tertiary/aromatic N) is 6. The molecule has 3 rings (SSSR count). The Hall–Kier alpha value is -2.81. The Morgan fingerprint density at radius 1 is 1.29 bits per heavy atom. The normalized spacial score (nSPS) is 11.0. The van der Waals surface area contributed by atoms with Gasteiger partial charge in [-0.1, -0.05) is 0 Å². The monoisotopic (exact) mass is 285 g/mol. The lowest BCUT2D eigenvalue weighted by Gasteiger charge is -2.01. The molecule has 0 aromatic carbocycles. The van der Waals surface area contributed by atoms with Crippen LogP contribution in [0.1, 0.15) is 5.69 Å². The summed E-state index contributed by atoms with van der Waals surface area (Å²) in [5, 5.41) is 11.2. The van der Waals surface area contributed by atoms with Crippen molar-refractivity contribution in [2.45, 2.75) is 13.5 Å². The number of nitrogen functional groups attached to an aromatic ring is 1. The lowest BCUT2D eigenvalue weighted by Crippen LogP contribution is -2.13. The Bertz CT molecular complexity index is 758. The summed E-state index contributed by atoms with van der Waals surface area (Å²) >= 11 is 0. The maximum Gasteiger partial charge on any atom is 0.201 e. The van der Waals surface area contributed by atoms with E-state index in [2.05, 4.69) is 30.2 Å². The highest BCUT2D eigenvalue weighted by Crippen LogP contribution is 2.24. The number of nitrogens with two attached hydrogens (primary N) is 2. The largest absolute Gasteiger partial charge is 0.383 e. The summed E-state index contributed by atoms with van der Waals surface area (Å²) in [6.45, 7) is 2.87. The minimum absolute atomic E-state index is 0.464. The molecule has 0 radical (unpaired) electrons. The number of anilines is 1. The molecular weight excluding hydrogens is 270 g/mol. The second-order valence-electron chi connectivity index (χ2n) is 4.45. The number of hydrogen-bond acceptors (Lipinski definition) is 7. The van der Waals surface area contributed by atoms with Crippen LogP contribution in [0.5, 0.6) is 0 Å².